The third kappa shape index (κ3) is 4.44. The van der Waals surface area contributed by atoms with E-state index in [4.69, 9.17) is 0 Å². The molecule has 0 bridgehead atoms. The summed E-state index contributed by atoms with van der Waals surface area (Å²) in [6.45, 7) is 7.34. The summed E-state index contributed by atoms with van der Waals surface area (Å²) in [5, 5.41) is 1.17. The van der Waals surface area contributed by atoms with Gasteiger partial charge in [0.05, 0.1) is 11.1 Å². The quantitative estimate of drug-likeness (QED) is 0.858. The van der Waals surface area contributed by atoms with Crippen molar-refractivity contribution in [3.63, 3.8) is 0 Å². The first-order valence-corrected chi connectivity index (χ1v) is 8.23. The van der Waals surface area contributed by atoms with E-state index in [-0.39, 0.29) is 5.56 Å². The summed E-state index contributed by atoms with van der Waals surface area (Å²) in [5.74, 6) is -1.63. The van der Waals surface area contributed by atoms with Crippen molar-refractivity contribution in [3.05, 3.63) is 71.0 Å². The van der Waals surface area contributed by atoms with Gasteiger partial charge in [0.1, 0.15) is 5.82 Å². The lowest BCUT2D eigenvalue weighted by atomic mass is 10.1. The van der Waals surface area contributed by atoms with Crippen molar-refractivity contribution >= 4 is 11.8 Å². The van der Waals surface area contributed by atoms with E-state index in [1.165, 1.54) is 23.2 Å². The van der Waals surface area contributed by atoms with Crippen LogP contribution in [0.25, 0.3) is 0 Å². The van der Waals surface area contributed by atoms with Crippen LogP contribution >= 0.6 is 0 Å². The van der Waals surface area contributed by atoms with Crippen LogP contribution in [0.3, 0.4) is 0 Å². The van der Waals surface area contributed by atoms with Crippen LogP contribution in [0, 0.1) is 5.82 Å². The average molecular weight is 342 g/mol. The van der Waals surface area contributed by atoms with Crippen LogP contribution in [0.2, 0.25) is 0 Å². The molecule has 0 spiro atoms. The Morgan fingerprint density at radius 2 is 1.64 bits per heavy atom. The van der Waals surface area contributed by atoms with Gasteiger partial charge in [-0.25, -0.2) is 9.40 Å². The minimum absolute atomic E-state index is 0.0842. The Kier molecular flexibility index (Phi) is 5.57. The van der Waals surface area contributed by atoms with Crippen LogP contribution in [0.4, 0.5) is 4.39 Å². The second kappa shape index (κ2) is 7.47. The Labute approximate surface area is 147 Å². The van der Waals surface area contributed by atoms with Gasteiger partial charge in [0, 0.05) is 5.56 Å². The van der Waals surface area contributed by atoms with Crippen molar-refractivity contribution in [2.75, 3.05) is 0 Å². The fraction of sp³-hybridized carbons (Fsp3) is 0.300. The van der Waals surface area contributed by atoms with Crippen LogP contribution in [-0.4, -0.2) is 22.4 Å². The number of hydrogen-bond donors (Lipinski definition) is 1. The van der Waals surface area contributed by atoms with Crippen molar-refractivity contribution in [2.24, 2.45) is 0 Å². The van der Waals surface area contributed by atoms with Gasteiger partial charge in [-0.15, -0.1) is 0 Å². The predicted molar refractivity (Wildman–Crippen MR) is 95.6 cm³/mol. The Bertz CT molecular complexity index is 764. The summed E-state index contributed by atoms with van der Waals surface area (Å²) >= 11 is 0. The van der Waals surface area contributed by atoms with E-state index in [1.54, 1.807) is 39.0 Å². The number of nitrogens with one attached hydrogen (secondary N) is 1. The summed E-state index contributed by atoms with van der Waals surface area (Å²) in [6.07, 6.45) is 0.877. The highest BCUT2D eigenvalue weighted by atomic mass is 19.1. The van der Waals surface area contributed by atoms with Gasteiger partial charge in [0.15, 0.2) is 0 Å². The molecule has 0 aliphatic heterocycles. The summed E-state index contributed by atoms with van der Waals surface area (Å²) in [7, 11) is 0. The molecule has 2 amide bonds. The van der Waals surface area contributed by atoms with E-state index in [9.17, 15) is 14.0 Å². The highest BCUT2D eigenvalue weighted by molar-refractivity contribution is 5.99. The lowest BCUT2D eigenvalue weighted by Gasteiger charge is -2.35. The Balaban J connectivity index is 2.27. The average Bonchev–Trinajstić information content (AvgIpc) is 2.58. The minimum Gasteiger partial charge on any atom is -0.267 e. The molecule has 0 aliphatic carbocycles. The first kappa shape index (κ1) is 18.6. The fourth-order valence-electron chi connectivity index (χ4n) is 2.34. The van der Waals surface area contributed by atoms with E-state index in [0.717, 1.165) is 12.0 Å². The van der Waals surface area contributed by atoms with Crippen molar-refractivity contribution in [3.8, 4) is 0 Å². The fourth-order valence-corrected chi connectivity index (χ4v) is 2.34. The Morgan fingerprint density at radius 3 is 2.16 bits per heavy atom. The zero-order valence-electron chi connectivity index (χ0n) is 15.0. The monoisotopic (exact) mass is 342 g/mol. The zero-order valence-corrected chi connectivity index (χ0v) is 15.0. The number of nitrogens with zero attached hydrogens (tertiary/aromatic N) is 1. The molecular formula is C20H23FN2O2. The van der Waals surface area contributed by atoms with Gasteiger partial charge >= 0.3 is 0 Å². The number of aryl methyl sites for hydroxylation is 1. The smallest absolute Gasteiger partial charge is 0.267 e. The van der Waals surface area contributed by atoms with Gasteiger partial charge < -0.3 is 0 Å². The van der Waals surface area contributed by atoms with E-state index in [1.807, 2.05) is 19.1 Å². The Hall–Kier alpha value is -2.69. The highest BCUT2D eigenvalue weighted by Gasteiger charge is 2.30. The molecule has 0 fully saturated rings. The standard InChI is InChI=1S/C20H23FN2O2/c1-5-14-10-12-15(13-11-14)18(24)22-23(20(2,3)4)19(25)16-8-6-7-9-17(16)21/h6-13H,5H2,1-4H3,(H,22,24). The number of benzene rings is 2. The molecule has 5 heteroatoms. The Morgan fingerprint density at radius 1 is 1.04 bits per heavy atom. The van der Waals surface area contributed by atoms with E-state index in [0.29, 0.717) is 5.56 Å². The maximum atomic E-state index is 14.0. The predicted octanol–water partition coefficient (Wildman–Crippen LogP) is 3.97. The minimum atomic E-state index is -0.724. The third-order valence-electron chi connectivity index (χ3n) is 3.82. The molecule has 0 aliphatic rings. The molecule has 0 atom stereocenters. The number of carbonyl (C=O) groups is 2. The molecule has 0 unspecified atom stereocenters. The number of halogens is 1. The van der Waals surface area contributed by atoms with Gasteiger partial charge in [-0.1, -0.05) is 31.2 Å². The summed E-state index contributed by atoms with van der Waals surface area (Å²) in [6, 6.07) is 12.9. The molecule has 0 heterocycles. The second-order valence-corrected chi connectivity index (χ2v) is 6.78. The summed E-state index contributed by atoms with van der Waals surface area (Å²) in [5.41, 5.74) is 3.36. The first-order valence-electron chi connectivity index (χ1n) is 8.23. The summed E-state index contributed by atoms with van der Waals surface area (Å²) in [4.78, 5) is 25.3. The molecule has 25 heavy (non-hydrogen) atoms. The van der Waals surface area contributed by atoms with Gasteiger partial charge in [-0.3, -0.25) is 15.0 Å². The molecule has 2 rings (SSSR count). The van der Waals surface area contributed by atoms with Gasteiger partial charge in [-0.05, 0) is 57.0 Å². The maximum absolute atomic E-state index is 14.0. The SMILES string of the molecule is CCc1ccc(C(=O)NN(C(=O)c2ccccc2F)C(C)(C)C)cc1. The highest BCUT2D eigenvalue weighted by Crippen LogP contribution is 2.18. The van der Waals surface area contributed by atoms with Crippen molar-refractivity contribution in [1.82, 2.24) is 10.4 Å². The molecular weight excluding hydrogens is 319 g/mol. The van der Waals surface area contributed by atoms with E-state index in [2.05, 4.69) is 5.43 Å². The summed E-state index contributed by atoms with van der Waals surface area (Å²) < 4.78 is 14.0. The number of hydrazine groups is 1. The van der Waals surface area contributed by atoms with Crippen molar-refractivity contribution in [1.29, 1.82) is 0 Å². The van der Waals surface area contributed by atoms with Crippen molar-refractivity contribution in [2.45, 2.75) is 39.7 Å². The van der Waals surface area contributed by atoms with Crippen LogP contribution < -0.4 is 5.43 Å². The lowest BCUT2D eigenvalue weighted by Crippen LogP contribution is -2.56. The van der Waals surface area contributed by atoms with E-state index < -0.39 is 23.2 Å². The maximum Gasteiger partial charge on any atom is 0.275 e. The van der Waals surface area contributed by atoms with E-state index >= 15 is 0 Å². The second-order valence-electron chi connectivity index (χ2n) is 6.78. The van der Waals surface area contributed by atoms with Gasteiger partial charge in [0.2, 0.25) is 0 Å². The van der Waals surface area contributed by atoms with Crippen molar-refractivity contribution < 1.29 is 14.0 Å². The molecule has 0 aromatic heterocycles. The molecule has 0 saturated carbocycles. The molecule has 132 valence electrons. The number of amides is 2. The molecule has 0 radical (unpaired) electrons. The lowest BCUT2D eigenvalue weighted by molar-refractivity contribution is 0.0354. The van der Waals surface area contributed by atoms with Crippen LogP contribution in [-0.2, 0) is 6.42 Å². The number of hydrogen-bond acceptors (Lipinski definition) is 2. The third-order valence-corrected chi connectivity index (χ3v) is 3.82. The molecule has 2 aromatic carbocycles. The van der Waals surface area contributed by atoms with Gasteiger partial charge in [-0.2, -0.15) is 0 Å². The van der Waals surface area contributed by atoms with Crippen LogP contribution in [0.5, 0.6) is 0 Å². The van der Waals surface area contributed by atoms with Crippen LogP contribution in [0.15, 0.2) is 48.5 Å². The first-order chi connectivity index (χ1) is 11.7. The molecule has 2 aromatic rings. The molecule has 0 saturated heterocycles. The number of carbonyl (C=O) groups excluding carboxylic acids is 2. The normalized spacial score (nSPS) is 11.1. The molecule has 4 nitrogen and oxygen atoms in total. The topological polar surface area (TPSA) is 49.4 Å². The zero-order chi connectivity index (χ0) is 18.6. The number of rotatable bonds is 3. The van der Waals surface area contributed by atoms with Crippen LogP contribution in [0.1, 0.15) is 54.0 Å². The van der Waals surface area contributed by atoms with Gasteiger partial charge in [0.25, 0.3) is 11.8 Å². The largest absolute Gasteiger partial charge is 0.275 e. The molecule has 1 N–H and O–H groups in total.